The topological polar surface area (TPSA) is 47.9 Å². The summed E-state index contributed by atoms with van der Waals surface area (Å²) in [7, 11) is 0. The molecule has 4 heteroatoms. The Morgan fingerprint density at radius 3 is 1.97 bits per heavy atom. The van der Waals surface area contributed by atoms with Crippen LogP contribution < -0.4 is 4.74 Å². The van der Waals surface area contributed by atoms with Crippen LogP contribution in [0.1, 0.15) is 114 Å². The first-order valence-corrected chi connectivity index (χ1v) is 14.2. The Morgan fingerprint density at radius 2 is 1.39 bits per heavy atom. The number of carbonyl (C=O) groups is 1. The smallest absolute Gasteiger partial charge is 0.338 e. The highest BCUT2D eigenvalue weighted by molar-refractivity contribution is 5.91. The van der Waals surface area contributed by atoms with E-state index < -0.39 is 0 Å². The first-order chi connectivity index (χ1) is 17.6. The molecule has 0 bridgehead atoms. The third-order valence-electron chi connectivity index (χ3n) is 6.56. The number of rotatable bonds is 19. The summed E-state index contributed by atoms with van der Waals surface area (Å²) in [5.41, 5.74) is 2.37. The Balaban J connectivity index is 1.60. The van der Waals surface area contributed by atoms with Crippen LogP contribution in [-0.2, 0) is 4.74 Å². The van der Waals surface area contributed by atoms with E-state index in [2.05, 4.69) is 25.8 Å². The lowest BCUT2D eigenvalue weighted by Gasteiger charge is -2.09. The number of nitrogens with zero attached hydrogens (tertiary/aromatic N) is 1. The molecule has 0 radical (unpaired) electrons. The highest BCUT2D eigenvalue weighted by Gasteiger charge is 2.08. The van der Waals surface area contributed by atoms with Crippen LogP contribution in [0.3, 0.4) is 0 Å². The number of carbonyl (C=O) groups excluding carboxylic acids is 1. The third-order valence-corrected chi connectivity index (χ3v) is 6.56. The summed E-state index contributed by atoms with van der Waals surface area (Å²) < 4.78 is 11.2. The second-order valence-electron chi connectivity index (χ2n) is 9.87. The van der Waals surface area contributed by atoms with Crippen molar-refractivity contribution in [2.45, 2.75) is 97.8 Å². The van der Waals surface area contributed by atoms with Crippen molar-refractivity contribution in [3.63, 3.8) is 0 Å². The monoisotopic (exact) mass is 493 g/mol. The minimum Gasteiger partial charge on any atom is -0.494 e. The van der Waals surface area contributed by atoms with Crippen molar-refractivity contribution >= 4 is 17.9 Å². The highest BCUT2D eigenvalue weighted by atomic mass is 16.5. The molecule has 4 nitrogen and oxygen atoms in total. The predicted molar refractivity (Wildman–Crippen MR) is 152 cm³/mol. The molecule has 1 unspecified atom stereocenters. The minimum atomic E-state index is -0.275. The van der Waals surface area contributed by atoms with Gasteiger partial charge in [-0.2, -0.15) is 0 Å². The van der Waals surface area contributed by atoms with Crippen molar-refractivity contribution in [1.29, 1.82) is 0 Å². The molecule has 0 aliphatic heterocycles. The Bertz CT molecular complexity index is 858. The van der Waals surface area contributed by atoms with Crippen molar-refractivity contribution in [3.05, 3.63) is 59.7 Å². The summed E-state index contributed by atoms with van der Waals surface area (Å²) in [6.07, 6.45) is 17.5. The molecule has 0 aliphatic carbocycles. The fourth-order valence-corrected chi connectivity index (χ4v) is 3.86. The van der Waals surface area contributed by atoms with E-state index in [1.807, 2.05) is 36.4 Å². The summed E-state index contributed by atoms with van der Waals surface area (Å²) in [6.45, 7) is 7.66. The number of unbranched alkanes of at least 4 members (excludes halogenated alkanes) is 10. The second-order valence-corrected chi connectivity index (χ2v) is 9.87. The zero-order valence-corrected chi connectivity index (χ0v) is 22.8. The molecule has 0 N–H and O–H groups in total. The van der Waals surface area contributed by atoms with E-state index in [1.54, 1.807) is 18.3 Å². The molecule has 198 valence electrons. The van der Waals surface area contributed by atoms with Gasteiger partial charge in [0.1, 0.15) is 5.75 Å². The van der Waals surface area contributed by atoms with Gasteiger partial charge in [0, 0.05) is 6.21 Å². The zero-order valence-electron chi connectivity index (χ0n) is 22.8. The predicted octanol–water partition coefficient (Wildman–Crippen LogP) is 9.33. The summed E-state index contributed by atoms with van der Waals surface area (Å²) in [4.78, 5) is 16.7. The van der Waals surface area contributed by atoms with Gasteiger partial charge in [-0.3, -0.25) is 4.99 Å². The summed E-state index contributed by atoms with van der Waals surface area (Å²) >= 11 is 0. The van der Waals surface area contributed by atoms with Crippen LogP contribution in [0.25, 0.3) is 0 Å². The molecule has 0 amide bonds. The molecule has 0 aromatic heterocycles. The fourth-order valence-electron chi connectivity index (χ4n) is 3.86. The lowest BCUT2D eigenvalue weighted by atomic mass is 10.1. The van der Waals surface area contributed by atoms with Gasteiger partial charge in [-0.15, -0.1) is 0 Å². The summed E-state index contributed by atoms with van der Waals surface area (Å²) in [5, 5.41) is 0. The van der Waals surface area contributed by atoms with Crippen LogP contribution in [0.4, 0.5) is 5.69 Å². The van der Waals surface area contributed by atoms with Crippen molar-refractivity contribution in [3.8, 4) is 5.75 Å². The second kappa shape index (κ2) is 18.6. The number of hydrogen-bond donors (Lipinski definition) is 0. The lowest BCUT2D eigenvalue weighted by molar-refractivity contribution is 0.0447. The van der Waals surface area contributed by atoms with E-state index in [-0.39, 0.29) is 5.97 Å². The van der Waals surface area contributed by atoms with Gasteiger partial charge < -0.3 is 9.47 Å². The Kier molecular flexibility index (Phi) is 15.3. The van der Waals surface area contributed by atoms with Crippen LogP contribution in [-0.4, -0.2) is 25.4 Å². The maximum absolute atomic E-state index is 12.1. The number of hydrogen-bond acceptors (Lipinski definition) is 4. The Labute approximate surface area is 219 Å². The average Bonchev–Trinajstić information content (AvgIpc) is 2.91. The summed E-state index contributed by atoms with van der Waals surface area (Å²) in [6, 6.07) is 15.2. The molecule has 1 atom stereocenters. The maximum Gasteiger partial charge on any atom is 0.338 e. The van der Waals surface area contributed by atoms with Crippen LogP contribution in [0.2, 0.25) is 0 Å². The molecule has 0 spiro atoms. The quantitative estimate of drug-likeness (QED) is 0.111. The molecule has 0 aliphatic rings. The minimum absolute atomic E-state index is 0.275. The molecular weight excluding hydrogens is 446 g/mol. The van der Waals surface area contributed by atoms with Crippen LogP contribution in [0, 0.1) is 5.92 Å². The molecule has 2 aromatic carbocycles. The fraction of sp³-hybridized carbons (Fsp3) is 0.562. The largest absolute Gasteiger partial charge is 0.494 e. The van der Waals surface area contributed by atoms with Gasteiger partial charge in [0.25, 0.3) is 0 Å². The zero-order chi connectivity index (χ0) is 25.8. The van der Waals surface area contributed by atoms with E-state index in [0.717, 1.165) is 36.4 Å². The Hall–Kier alpha value is -2.62. The van der Waals surface area contributed by atoms with E-state index in [9.17, 15) is 4.79 Å². The number of benzene rings is 2. The average molecular weight is 494 g/mol. The Morgan fingerprint density at radius 1 is 0.806 bits per heavy atom. The number of esters is 1. The van der Waals surface area contributed by atoms with E-state index >= 15 is 0 Å². The third kappa shape index (κ3) is 12.9. The van der Waals surface area contributed by atoms with Gasteiger partial charge in [0.05, 0.1) is 24.5 Å². The molecule has 0 fully saturated rings. The normalized spacial score (nSPS) is 12.1. The van der Waals surface area contributed by atoms with Gasteiger partial charge in [-0.05, 0) is 54.3 Å². The van der Waals surface area contributed by atoms with Gasteiger partial charge in [-0.25, -0.2) is 4.79 Å². The lowest BCUT2D eigenvalue weighted by Crippen LogP contribution is -2.11. The van der Waals surface area contributed by atoms with Crippen molar-refractivity contribution in [2.24, 2.45) is 10.9 Å². The van der Waals surface area contributed by atoms with Crippen molar-refractivity contribution < 1.29 is 14.3 Å². The maximum atomic E-state index is 12.1. The standard InChI is InChI=1S/C32H47NO3/c1-4-6-7-8-9-10-11-12-13-14-15-24-35-31-22-20-30(21-23-31)33-25-28-16-18-29(19-17-28)32(34)36-26-27(3)5-2/h16-23,25,27H,4-15,24,26H2,1-3H3. The van der Waals surface area contributed by atoms with Gasteiger partial charge in [0.15, 0.2) is 0 Å². The summed E-state index contributed by atoms with van der Waals surface area (Å²) in [5.74, 6) is 0.991. The van der Waals surface area contributed by atoms with Gasteiger partial charge >= 0.3 is 5.97 Å². The highest BCUT2D eigenvalue weighted by Crippen LogP contribution is 2.19. The molecular formula is C32H47NO3. The van der Waals surface area contributed by atoms with E-state index in [0.29, 0.717) is 18.1 Å². The number of aliphatic imine (C=N–C) groups is 1. The molecule has 0 heterocycles. The van der Waals surface area contributed by atoms with Crippen LogP contribution >= 0.6 is 0 Å². The molecule has 2 rings (SSSR count). The van der Waals surface area contributed by atoms with Crippen LogP contribution in [0.15, 0.2) is 53.5 Å². The SMILES string of the molecule is CCCCCCCCCCCCCOc1ccc(N=Cc2ccc(C(=O)OCC(C)CC)cc2)cc1. The number of ether oxygens (including phenoxy) is 2. The first kappa shape index (κ1) is 29.6. The van der Waals surface area contributed by atoms with Crippen molar-refractivity contribution in [1.82, 2.24) is 0 Å². The van der Waals surface area contributed by atoms with Gasteiger partial charge in [-0.1, -0.05) is 104 Å². The first-order valence-electron chi connectivity index (χ1n) is 14.2. The van der Waals surface area contributed by atoms with E-state index in [1.165, 1.54) is 64.2 Å². The molecule has 36 heavy (non-hydrogen) atoms. The van der Waals surface area contributed by atoms with Crippen molar-refractivity contribution in [2.75, 3.05) is 13.2 Å². The molecule has 0 saturated carbocycles. The van der Waals surface area contributed by atoms with Crippen LogP contribution in [0.5, 0.6) is 5.75 Å². The molecule has 2 aromatic rings. The van der Waals surface area contributed by atoms with E-state index in [4.69, 9.17) is 9.47 Å². The molecule has 0 saturated heterocycles. The van der Waals surface area contributed by atoms with Gasteiger partial charge in [0.2, 0.25) is 0 Å².